The summed E-state index contributed by atoms with van der Waals surface area (Å²) in [5.41, 5.74) is 9.14. The lowest BCUT2D eigenvalue weighted by atomic mass is 9.91. The van der Waals surface area contributed by atoms with Gasteiger partial charge in [0.15, 0.2) is 0 Å². The Balaban J connectivity index is 2.07. The molecule has 0 spiro atoms. The molecule has 3 rings (SSSR count). The van der Waals surface area contributed by atoms with Crippen molar-refractivity contribution >= 4 is 29.0 Å². The van der Waals surface area contributed by atoms with E-state index < -0.39 is 0 Å². The maximum Gasteiger partial charge on any atom is 0.150 e. The Hall–Kier alpha value is -2.56. The van der Waals surface area contributed by atoms with Crippen molar-refractivity contribution in [3.8, 4) is 0 Å². The molecule has 27 heavy (non-hydrogen) atoms. The number of allylic oxidation sites excluding steroid dienone is 4. The van der Waals surface area contributed by atoms with E-state index in [0.29, 0.717) is 16.4 Å². The van der Waals surface area contributed by atoms with Crippen molar-refractivity contribution in [1.82, 2.24) is 15.3 Å². The highest BCUT2D eigenvalue weighted by atomic mass is 35.5. The molecule has 0 radical (unpaired) electrons. The molecule has 2 aliphatic rings. The first-order valence-corrected chi connectivity index (χ1v) is 9.36. The molecule has 1 N–H and O–H groups in total. The first kappa shape index (κ1) is 19.2. The summed E-state index contributed by atoms with van der Waals surface area (Å²) in [6, 6.07) is 8.53. The van der Waals surface area contributed by atoms with Crippen molar-refractivity contribution in [2.24, 2.45) is 0 Å². The zero-order valence-electron chi connectivity index (χ0n) is 15.9. The van der Waals surface area contributed by atoms with Gasteiger partial charge in [-0.25, -0.2) is 5.43 Å². The molecule has 0 bridgehead atoms. The maximum absolute atomic E-state index is 11.0. The van der Waals surface area contributed by atoms with Crippen LogP contribution >= 0.6 is 11.6 Å². The quantitative estimate of drug-likeness (QED) is 0.594. The topological polar surface area (TPSA) is 35.6 Å². The highest BCUT2D eigenvalue weighted by molar-refractivity contribution is 6.32. The molecule has 0 aliphatic carbocycles. The highest BCUT2D eigenvalue weighted by Crippen LogP contribution is 2.36. The molecule has 1 aromatic carbocycles. The standard InChI is InChI=1S/C22H24ClN3O/c1-5-18(22(23)26-11-10-17(14-27)12-15(26)2)19-8-6-7-9-20(19)21-13-25(4)24-16(21)3/h6-14,16,24H,2,5H2,1,3-4H3/b22-18+. The SMILES string of the molecule is C=C1C=C(C=O)C=CN1/C(Cl)=C(\CC)c1ccccc1C1=CN(C)NC1C. The minimum atomic E-state index is 0.218. The molecule has 0 aromatic heterocycles. The number of rotatable bonds is 5. The fraction of sp³-hybridized carbons (Fsp3) is 0.227. The Morgan fingerprint density at radius 3 is 2.70 bits per heavy atom. The van der Waals surface area contributed by atoms with Gasteiger partial charge in [-0.05, 0) is 47.8 Å². The second-order valence-corrected chi connectivity index (χ2v) is 7.01. The summed E-state index contributed by atoms with van der Waals surface area (Å²) >= 11 is 6.82. The Morgan fingerprint density at radius 1 is 1.37 bits per heavy atom. The lowest BCUT2D eigenvalue weighted by Crippen LogP contribution is -2.30. The van der Waals surface area contributed by atoms with Crippen LogP contribution in [0.1, 0.15) is 31.4 Å². The molecule has 1 aromatic rings. The van der Waals surface area contributed by atoms with Crippen LogP contribution in [0.4, 0.5) is 0 Å². The van der Waals surface area contributed by atoms with E-state index in [1.165, 1.54) is 5.57 Å². The van der Waals surface area contributed by atoms with E-state index in [4.69, 9.17) is 11.6 Å². The number of hydrogen-bond acceptors (Lipinski definition) is 4. The Morgan fingerprint density at radius 2 is 2.11 bits per heavy atom. The maximum atomic E-state index is 11.0. The lowest BCUT2D eigenvalue weighted by molar-refractivity contribution is -0.104. The molecule has 140 valence electrons. The van der Waals surface area contributed by atoms with Crippen LogP contribution in [0, 0.1) is 0 Å². The first-order valence-electron chi connectivity index (χ1n) is 8.98. The summed E-state index contributed by atoms with van der Waals surface area (Å²) in [5.74, 6) is 0. The molecule has 1 atom stereocenters. The van der Waals surface area contributed by atoms with Gasteiger partial charge in [0.25, 0.3) is 0 Å². The van der Waals surface area contributed by atoms with Gasteiger partial charge in [0.1, 0.15) is 11.4 Å². The van der Waals surface area contributed by atoms with Crippen LogP contribution in [-0.2, 0) is 4.79 Å². The summed E-state index contributed by atoms with van der Waals surface area (Å²) in [6.45, 7) is 8.27. The van der Waals surface area contributed by atoms with Gasteiger partial charge in [-0.15, -0.1) is 0 Å². The second kappa shape index (κ2) is 7.99. The normalized spacial score (nSPS) is 20.4. The number of benzene rings is 1. The van der Waals surface area contributed by atoms with E-state index in [2.05, 4.69) is 44.2 Å². The first-order chi connectivity index (χ1) is 13.0. The van der Waals surface area contributed by atoms with Gasteiger partial charge in [-0.3, -0.25) is 4.79 Å². The van der Waals surface area contributed by atoms with Crippen molar-refractivity contribution in [2.75, 3.05) is 7.05 Å². The summed E-state index contributed by atoms with van der Waals surface area (Å²) in [6.07, 6.45) is 8.95. The third-order valence-corrected chi connectivity index (χ3v) is 5.18. The van der Waals surface area contributed by atoms with Gasteiger partial charge in [0.2, 0.25) is 0 Å². The van der Waals surface area contributed by atoms with E-state index in [0.717, 1.165) is 29.4 Å². The third kappa shape index (κ3) is 3.77. The predicted molar refractivity (Wildman–Crippen MR) is 112 cm³/mol. The van der Waals surface area contributed by atoms with Crippen molar-refractivity contribution in [2.45, 2.75) is 26.3 Å². The third-order valence-electron chi connectivity index (χ3n) is 4.77. The predicted octanol–water partition coefficient (Wildman–Crippen LogP) is 4.65. The van der Waals surface area contributed by atoms with E-state index >= 15 is 0 Å². The Labute approximate surface area is 165 Å². The average molecular weight is 382 g/mol. The molecule has 2 heterocycles. The lowest BCUT2D eigenvalue weighted by Gasteiger charge is -2.26. The molecular weight excluding hydrogens is 358 g/mol. The number of hydrogen-bond donors (Lipinski definition) is 1. The molecule has 0 saturated carbocycles. The summed E-state index contributed by atoms with van der Waals surface area (Å²) in [5, 5.41) is 2.58. The second-order valence-electron chi connectivity index (χ2n) is 6.65. The van der Waals surface area contributed by atoms with Gasteiger partial charge < -0.3 is 9.91 Å². The number of carbonyl (C=O) groups excluding carboxylic acids is 1. The molecule has 5 heteroatoms. The molecule has 0 amide bonds. The zero-order chi connectivity index (χ0) is 19.6. The molecule has 1 unspecified atom stereocenters. The van der Waals surface area contributed by atoms with Crippen LogP contribution in [0.3, 0.4) is 0 Å². The van der Waals surface area contributed by atoms with Crippen LogP contribution in [0.15, 0.2) is 71.8 Å². The largest absolute Gasteiger partial charge is 0.318 e. The van der Waals surface area contributed by atoms with Crippen molar-refractivity contribution in [3.05, 3.63) is 82.9 Å². The minimum Gasteiger partial charge on any atom is -0.318 e. The summed E-state index contributed by atoms with van der Waals surface area (Å²) in [4.78, 5) is 12.8. The molecular formula is C22H24ClN3O. The van der Waals surface area contributed by atoms with Gasteiger partial charge in [-0.1, -0.05) is 49.4 Å². The van der Waals surface area contributed by atoms with E-state index in [1.807, 2.05) is 29.1 Å². The fourth-order valence-electron chi connectivity index (χ4n) is 3.46. The van der Waals surface area contributed by atoms with Crippen molar-refractivity contribution < 1.29 is 4.79 Å². The molecule has 4 nitrogen and oxygen atoms in total. The number of halogens is 1. The number of carbonyl (C=O) groups is 1. The fourth-order valence-corrected chi connectivity index (χ4v) is 3.86. The number of hydrazine groups is 1. The molecule has 0 saturated heterocycles. The van der Waals surface area contributed by atoms with E-state index in [9.17, 15) is 4.79 Å². The molecule has 0 fully saturated rings. The monoisotopic (exact) mass is 381 g/mol. The number of nitrogens with one attached hydrogen (secondary N) is 1. The van der Waals surface area contributed by atoms with E-state index in [1.54, 1.807) is 18.4 Å². The average Bonchev–Trinajstić information content (AvgIpc) is 3.00. The van der Waals surface area contributed by atoms with Gasteiger partial charge in [-0.2, -0.15) is 0 Å². The van der Waals surface area contributed by atoms with Gasteiger partial charge in [0.05, 0.1) is 6.04 Å². The number of aldehydes is 1. The van der Waals surface area contributed by atoms with E-state index in [-0.39, 0.29) is 6.04 Å². The Kier molecular flexibility index (Phi) is 5.68. The van der Waals surface area contributed by atoms with Crippen LogP contribution in [-0.4, -0.2) is 29.3 Å². The zero-order valence-corrected chi connectivity index (χ0v) is 16.6. The van der Waals surface area contributed by atoms with Crippen LogP contribution in [0.2, 0.25) is 0 Å². The van der Waals surface area contributed by atoms with Crippen molar-refractivity contribution in [3.63, 3.8) is 0 Å². The van der Waals surface area contributed by atoms with Gasteiger partial charge >= 0.3 is 0 Å². The number of nitrogens with zero attached hydrogens (tertiary/aromatic N) is 2. The van der Waals surface area contributed by atoms with Crippen LogP contribution in [0.25, 0.3) is 11.1 Å². The summed E-state index contributed by atoms with van der Waals surface area (Å²) in [7, 11) is 2.00. The van der Waals surface area contributed by atoms with Crippen molar-refractivity contribution in [1.29, 1.82) is 0 Å². The summed E-state index contributed by atoms with van der Waals surface area (Å²) < 4.78 is 0. The van der Waals surface area contributed by atoms with Crippen LogP contribution in [0.5, 0.6) is 0 Å². The van der Waals surface area contributed by atoms with Crippen LogP contribution < -0.4 is 5.43 Å². The Bertz CT molecular complexity index is 895. The highest BCUT2D eigenvalue weighted by Gasteiger charge is 2.24. The molecule has 2 aliphatic heterocycles. The minimum absolute atomic E-state index is 0.218. The smallest absolute Gasteiger partial charge is 0.150 e. The van der Waals surface area contributed by atoms with Gasteiger partial charge in [0, 0.05) is 30.7 Å².